The Balaban J connectivity index is 1.83. The highest BCUT2D eigenvalue weighted by molar-refractivity contribution is 5.79. The first-order valence-electron chi connectivity index (χ1n) is 7.55. The molecule has 1 aliphatic carbocycles. The molecule has 2 aromatic heterocycles. The van der Waals surface area contributed by atoms with Gasteiger partial charge in [-0.3, -0.25) is 4.90 Å². The van der Waals surface area contributed by atoms with Crippen LogP contribution in [0, 0.1) is 5.82 Å². The normalized spacial score (nSPS) is 19.8. The molecule has 0 unspecified atom stereocenters. The summed E-state index contributed by atoms with van der Waals surface area (Å²) >= 11 is 0. The molecule has 20 heavy (non-hydrogen) atoms. The predicted octanol–water partition coefficient (Wildman–Crippen LogP) is 3.28. The van der Waals surface area contributed by atoms with Crippen LogP contribution in [0.15, 0.2) is 12.3 Å². The van der Waals surface area contributed by atoms with Crippen molar-refractivity contribution in [3.8, 4) is 0 Å². The minimum atomic E-state index is -0.0552. The molecule has 3 nitrogen and oxygen atoms in total. The Morgan fingerprint density at radius 2 is 2.10 bits per heavy atom. The van der Waals surface area contributed by atoms with Crippen molar-refractivity contribution in [2.45, 2.75) is 51.7 Å². The maximum Gasteiger partial charge on any atom is 0.154 e. The van der Waals surface area contributed by atoms with Gasteiger partial charge >= 0.3 is 0 Å². The lowest BCUT2D eigenvalue weighted by Gasteiger charge is -2.31. The van der Waals surface area contributed by atoms with Crippen molar-refractivity contribution in [2.24, 2.45) is 0 Å². The zero-order chi connectivity index (χ0) is 13.9. The Kier molecular flexibility index (Phi) is 2.64. The van der Waals surface area contributed by atoms with Crippen LogP contribution in [0.3, 0.4) is 0 Å². The van der Waals surface area contributed by atoms with E-state index in [1.165, 1.54) is 18.4 Å². The van der Waals surface area contributed by atoms with Crippen molar-refractivity contribution in [3.63, 3.8) is 0 Å². The fourth-order valence-electron chi connectivity index (χ4n) is 3.23. The molecular weight excluding hydrogens is 253 g/mol. The zero-order valence-electron chi connectivity index (χ0n) is 12.1. The molecule has 1 aliphatic heterocycles. The fraction of sp³-hybridized carbons (Fsp3) is 0.562. The molecule has 1 fully saturated rings. The summed E-state index contributed by atoms with van der Waals surface area (Å²) in [7, 11) is 0. The summed E-state index contributed by atoms with van der Waals surface area (Å²) < 4.78 is 16.8. The lowest BCUT2D eigenvalue weighted by molar-refractivity contribution is 0.175. The number of hydrogen-bond donors (Lipinski definition) is 0. The van der Waals surface area contributed by atoms with Gasteiger partial charge in [-0.05, 0) is 44.2 Å². The van der Waals surface area contributed by atoms with E-state index in [2.05, 4.69) is 28.3 Å². The van der Waals surface area contributed by atoms with Gasteiger partial charge in [0.15, 0.2) is 5.82 Å². The summed E-state index contributed by atoms with van der Waals surface area (Å²) in [5.41, 5.74) is 2.84. The number of rotatable bonds is 2. The molecule has 3 heterocycles. The van der Waals surface area contributed by atoms with Crippen LogP contribution < -0.4 is 0 Å². The molecule has 0 spiro atoms. The topological polar surface area (TPSA) is 21.1 Å². The Morgan fingerprint density at radius 3 is 2.80 bits per heavy atom. The van der Waals surface area contributed by atoms with Crippen LogP contribution in [0.25, 0.3) is 11.0 Å². The maximum absolute atomic E-state index is 14.7. The van der Waals surface area contributed by atoms with E-state index in [0.717, 1.165) is 29.8 Å². The first-order chi connectivity index (χ1) is 9.65. The predicted molar refractivity (Wildman–Crippen MR) is 77.2 cm³/mol. The third-order valence-electron chi connectivity index (χ3n) is 4.70. The van der Waals surface area contributed by atoms with Gasteiger partial charge in [0.2, 0.25) is 0 Å². The Labute approximate surface area is 118 Å². The fourth-order valence-corrected chi connectivity index (χ4v) is 3.23. The van der Waals surface area contributed by atoms with Crippen molar-refractivity contribution in [1.29, 1.82) is 0 Å². The molecule has 106 valence electrons. The van der Waals surface area contributed by atoms with Gasteiger partial charge in [-0.25, -0.2) is 9.37 Å². The molecule has 1 saturated carbocycles. The average molecular weight is 273 g/mol. The van der Waals surface area contributed by atoms with E-state index < -0.39 is 0 Å². The van der Waals surface area contributed by atoms with Crippen LogP contribution in [0.4, 0.5) is 4.39 Å². The van der Waals surface area contributed by atoms with Crippen LogP contribution in [-0.4, -0.2) is 27.0 Å². The number of halogens is 1. The van der Waals surface area contributed by atoms with E-state index in [0.29, 0.717) is 18.5 Å². The number of fused-ring (bicyclic) bond motifs is 3. The first kappa shape index (κ1) is 12.3. The van der Waals surface area contributed by atoms with Crippen molar-refractivity contribution in [1.82, 2.24) is 14.5 Å². The summed E-state index contributed by atoms with van der Waals surface area (Å²) in [5.74, 6) is 0.566. The molecule has 2 aliphatic rings. The molecule has 0 amide bonds. The van der Waals surface area contributed by atoms with Crippen LogP contribution in [0.5, 0.6) is 0 Å². The van der Waals surface area contributed by atoms with Gasteiger partial charge in [0.1, 0.15) is 5.65 Å². The number of pyridine rings is 1. The number of nitrogens with zero attached hydrogens (tertiary/aromatic N) is 3. The van der Waals surface area contributed by atoms with Gasteiger partial charge in [0.05, 0.1) is 11.1 Å². The van der Waals surface area contributed by atoms with Gasteiger partial charge < -0.3 is 4.57 Å². The van der Waals surface area contributed by atoms with Gasteiger partial charge in [0.25, 0.3) is 0 Å². The summed E-state index contributed by atoms with van der Waals surface area (Å²) in [6, 6.07) is 2.48. The second-order valence-corrected chi connectivity index (χ2v) is 6.39. The third-order valence-corrected chi connectivity index (χ3v) is 4.70. The lowest BCUT2D eigenvalue weighted by Crippen LogP contribution is -2.38. The highest BCUT2D eigenvalue weighted by atomic mass is 19.1. The molecule has 0 N–H and O–H groups in total. The van der Waals surface area contributed by atoms with Crippen molar-refractivity contribution >= 4 is 11.0 Å². The van der Waals surface area contributed by atoms with Crippen LogP contribution in [0.1, 0.15) is 43.9 Å². The Morgan fingerprint density at radius 1 is 1.30 bits per heavy atom. The standard InChI is InChI=1S/C16H20FN3/c1-10(2)19-5-6-20-14(9-19)15(17)13-7-12(11-3-4-11)8-18-16(13)20/h7-8,10-11H,3-6,9H2,1-2H3. The molecule has 2 aromatic rings. The summed E-state index contributed by atoms with van der Waals surface area (Å²) in [5, 5.41) is 0.718. The van der Waals surface area contributed by atoms with E-state index in [1.54, 1.807) is 0 Å². The summed E-state index contributed by atoms with van der Waals surface area (Å²) in [4.78, 5) is 6.87. The van der Waals surface area contributed by atoms with E-state index in [1.807, 2.05) is 12.3 Å². The number of aromatic nitrogens is 2. The molecule has 0 aromatic carbocycles. The zero-order valence-corrected chi connectivity index (χ0v) is 12.1. The summed E-state index contributed by atoms with van der Waals surface area (Å²) in [6.07, 6.45) is 4.40. The van der Waals surface area contributed by atoms with Crippen LogP contribution >= 0.6 is 0 Å². The minimum absolute atomic E-state index is 0.0552. The second kappa shape index (κ2) is 4.29. The maximum atomic E-state index is 14.7. The highest BCUT2D eigenvalue weighted by Gasteiger charge is 2.28. The van der Waals surface area contributed by atoms with E-state index in [-0.39, 0.29) is 5.82 Å². The molecule has 0 saturated heterocycles. The second-order valence-electron chi connectivity index (χ2n) is 6.39. The van der Waals surface area contributed by atoms with Crippen molar-refractivity contribution < 1.29 is 4.39 Å². The molecule has 0 atom stereocenters. The molecule has 4 heteroatoms. The third kappa shape index (κ3) is 1.78. The monoisotopic (exact) mass is 273 g/mol. The largest absolute Gasteiger partial charge is 0.324 e. The SMILES string of the molecule is CC(C)N1CCn2c(c(F)c3cc(C4CC4)cnc32)C1. The molecule has 0 bridgehead atoms. The Hall–Kier alpha value is -1.42. The van der Waals surface area contributed by atoms with Crippen LogP contribution in [0.2, 0.25) is 0 Å². The van der Waals surface area contributed by atoms with Gasteiger partial charge in [-0.2, -0.15) is 0 Å². The van der Waals surface area contributed by atoms with Gasteiger partial charge in [-0.1, -0.05) is 0 Å². The van der Waals surface area contributed by atoms with Crippen molar-refractivity contribution in [3.05, 3.63) is 29.3 Å². The molecule has 4 rings (SSSR count). The van der Waals surface area contributed by atoms with Crippen LogP contribution in [-0.2, 0) is 13.1 Å². The average Bonchev–Trinajstić information content (AvgIpc) is 3.26. The molecule has 0 radical (unpaired) electrons. The van der Waals surface area contributed by atoms with E-state index in [4.69, 9.17) is 0 Å². The Bertz CT molecular complexity index is 670. The first-order valence-corrected chi connectivity index (χ1v) is 7.55. The quantitative estimate of drug-likeness (QED) is 0.837. The van der Waals surface area contributed by atoms with Crippen molar-refractivity contribution in [2.75, 3.05) is 6.54 Å². The summed E-state index contributed by atoms with van der Waals surface area (Å²) in [6.45, 7) is 6.83. The lowest BCUT2D eigenvalue weighted by atomic mass is 10.1. The molecular formula is C16H20FN3. The highest BCUT2D eigenvalue weighted by Crippen LogP contribution is 2.41. The van der Waals surface area contributed by atoms with E-state index >= 15 is 0 Å². The minimum Gasteiger partial charge on any atom is -0.324 e. The van der Waals surface area contributed by atoms with E-state index in [9.17, 15) is 4.39 Å². The number of hydrogen-bond acceptors (Lipinski definition) is 2. The van der Waals surface area contributed by atoms with Gasteiger partial charge in [0, 0.05) is 31.9 Å². The smallest absolute Gasteiger partial charge is 0.154 e. The van der Waals surface area contributed by atoms with Gasteiger partial charge in [-0.15, -0.1) is 0 Å².